The van der Waals surface area contributed by atoms with Crippen molar-refractivity contribution in [2.24, 2.45) is 0 Å². The van der Waals surface area contributed by atoms with Gasteiger partial charge < -0.3 is 0 Å². The minimum atomic E-state index is -3.98. The van der Waals surface area contributed by atoms with Gasteiger partial charge in [-0.05, 0) is 0 Å². The van der Waals surface area contributed by atoms with E-state index in [0.717, 1.165) is 0 Å². The van der Waals surface area contributed by atoms with Gasteiger partial charge in [-0.1, -0.05) is 0 Å². The molecule has 0 saturated heterocycles. The van der Waals surface area contributed by atoms with Crippen LogP contribution in [-0.4, -0.2) is 75.1 Å². The van der Waals surface area contributed by atoms with Crippen molar-refractivity contribution in [3.63, 3.8) is 0 Å². The fraction of sp³-hybridized carbons (Fsp3) is 0.750. The average molecular weight is 348 g/mol. The number of carbonyl (C=O) groups excluding carboxylic acids is 2. The van der Waals surface area contributed by atoms with Gasteiger partial charge in [-0.2, -0.15) is 0 Å². The maximum atomic E-state index is 11.2. The summed E-state index contributed by atoms with van der Waals surface area (Å²) >= 11 is -3.98. The minimum absolute atomic E-state index is 0.254. The van der Waals surface area contributed by atoms with Crippen molar-refractivity contribution in [2.75, 3.05) is 41.4 Å². The molecule has 0 rings (SSSR count). The molecular formula is C8H16Cl2GeN2O4. The molecule has 0 aromatic rings. The molecule has 0 heterocycles. The molecule has 0 aliphatic heterocycles. The van der Waals surface area contributed by atoms with Crippen LogP contribution in [0.4, 0.5) is 0 Å². The van der Waals surface area contributed by atoms with Gasteiger partial charge in [-0.3, -0.25) is 0 Å². The van der Waals surface area contributed by atoms with Crippen LogP contribution in [0.2, 0.25) is 0 Å². The predicted molar refractivity (Wildman–Crippen MR) is 66.8 cm³/mol. The van der Waals surface area contributed by atoms with Gasteiger partial charge in [0.05, 0.1) is 0 Å². The first-order chi connectivity index (χ1) is 7.65. The van der Waals surface area contributed by atoms with Crippen molar-refractivity contribution in [1.82, 2.24) is 9.80 Å². The van der Waals surface area contributed by atoms with Gasteiger partial charge >= 0.3 is 112 Å². The van der Waals surface area contributed by atoms with E-state index >= 15 is 0 Å². The zero-order valence-corrected chi connectivity index (χ0v) is 13.8. The van der Waals surface area contributed by atoms with Crippen LogP contribution >= 0.6 is 20.0 Å². The van der Waals surface area contributed by atoms with Crippen LogP contribution in [0.1, 0.15) is 0 Å². The van der Waals surface area contributed by atoms with Crippen molar-refractivity contribution in [2.45, 2.75) is 0 Å². The molecule has 2 amide bonds. The molecule has 17 heavy (non-hydrogen) atoms. The Hall–Kier alpha value is -0.0171. The number of nitrogens with zero attached hydrogens (tertiary/aromatic N) is 2. The van der Waals surface area contributed by atoms with Crippen LogP contribution in [-0.2, 0) is 17.1 Å². The molecule has 0 spiro atoms. The number of hydrogen-bond donors (Lipinski definition) is 0. The van der Waals surface area contributed by atoms with Gasteiger partial charge in [-0.15, -0.1) is 0 Å². The molecule has 0 radical (unpaired) electrons. The summed E-state index contributed by atoms with van der Waals surface area (Å²) in [6.45, 7) is -0.508. The number of hydrogen-bond acceptors (Lipinski definition) is 4. The second-order valence-corrected chi connectivity index (χ2v) is 12.9. The van der Waals surface area contributed by atoms with Crippen LogP contribution in [0.3, 0.4) is 0 Å². The maximum absolute atomic E-state index is 11.2. The normalized spacial score (nSPS) is 11.2. The first kappa shape index (κ1) is 17.0. The van der Waals surface area contributed by atoms with Gasteiger partial charge in [0.15, 0.2) is 0 Å². The molecular weight excluding hydrogens is 332 g/mol. The number of amides is 2. The molecule has 0 N–H and O–H groups in total. The van der Waals surface area contributed by atoms with E-state index in [0.29, 0.717) is 0 Å². The summed E-state index contributed by atoms with van der Waals surface area (Å²) in [6, 6.07) is 0. The fourth-order valence-corrected chi connectivity index (χ4v) is 3.12. The van der Waals surface area contributed by atoms with Crippen LogP contribution in [0.15, 0.2) is 0 Å². The summed E-state index contributed by atoms with van der Waals surface area (Å²) < 4.78 is 10.0. The van der Waals surface area contributed by atoms with E-state index in [-0.39, 0.29) is 25.0 Å². The van der Waals surface area contributed by atoms with E-state index in [2.05, 4.69) is 0 Å². The van der Waals surface area contributed by atoms with E-state index in [1.165, 1.54) is 9.80 Å². The Morgan fingerprint density at radius 3 is 1.47 bits per heavy atom. The Balaban J connectivity index is 4.04. The van der Waals surface area contributed by atoms with Crippen LogP contribution in [0.5, 0.6) is 0 Å². The fourth-order valence-electron chi connectivity index (χ4n) is 0.591. The van der Waals surface area contributed by atoms with Crippen LogP contribution in [0.25, 0.3) is 0 Å². The first-order valence-electron chi connectivity index (χ1n) is 4.71. The van der Waals surface area contributed by atoms with Crippen molar-refractivity contribution < 1.29 is 17.1 Å². The van der Waals surface area contributed by atoms with E-state index in [1.54, 1.807) is 28.2 Å². The Labute approximate surface area is 112 Å². The van der Waals surface area contributed by atoms with Crippen molar-refractivity contribution in [3.05, 3.63) is 0 Å². The molecule has 0 fully saturated rings. The SMILES string of the molecule is CN(C)C(=O)C[O][Ge]([Cl])([Cl])[O]CC(=O)N(C)C. The van der Waals surface area contributed by atoms with Gasteiger partial charge in [0, 0.05) is 0 Å². The average Bonchev–Trinajstić information content (AvgIpc) is 2.22. The van der Waals surface area contributed by atoms with E-state index < -0.39 is 12.1 Å². The third kappa shape index (κ3) is 7.83. The molecule has 0 aromatic heterocycles. The number of rotatable bonds is 6. The summed E-state index contributed by atoms with van der Waals surface area (Å²) in [6.07, 6.45) is 0. The summed E-state index contributed by atoms with van der Waals surface area (Å²) in [5.74, 6) is -0.548. The summed E-state index contributed by atoms with van der Waals surface area (Å²) in [4.78, 5) is 25.1. The molecule has 100 valence electrons. The quantitative estimate of drug-likeness (QED) is 0.640. The number of halogens is 2. The summed E-state index contributed by atoms with van der Waals surface area (Å²) in [5, 5.41) is 0. The predicted octanol–water partition coefficient (Wildman–Crippen LogP) is 0.109. The Kier molecular flexibility index (Phi) is 7.42. The van der Waals surface area contributed by atoms with Gasteiger partial charge in [0.2, 0.25) is 0 Å². The first-order valence-corrected chi connectivity index (χ1v) is 11.9. The molecule has 0 aliphatic carbocycles. The number of likely N-dealkylation sites (N-methyl/N-ethyl adjacent to an activating group) is 2. The van der Waals surface area contributed by atoms with Crippen molar-refractivity contribution in [1.29, 1.82) is 0 Å². The van der Waals surface area contributed by atoms with Gasteiger partial charge in [0.1, 0.15) is 0 Å². The Morgan fingerprint density at radius 1 is 0.941 bits per heavy atom. The van der Waals surface area contributed by atoms with Crippen LogP contribution < -0.4 is 0 Å². The molecule has 0 saturated carbocycles. The van der Waals surface area contributed by atoms with Crippen molar-refractivity contribution in [3.8, 4) is 0 Å². The van der Waals surface area contributed by atoms with Crippen molar-refractivity contribution >= 4 is 43.9 Å². The zero-order chi connectivity index (χ0) is 13.6. The molecule has 0 atom stereocenters. The molecule has 0 aromatic carbocycles. The van der Waals surface area contributed by atoms with E-state index in [9.17, 15) is 9.59 Å². The standard InChI is InChI=1S/C8H16Cl2GeN2O4/c1-12(2)7(14)5-16-11(9,10)17-6-8(15)13(3)4/h5-6H2,1-4H3. The third-order valence-corrected chi connectivity index (χ3v) is 6.01. The van der Waals surface area contributed by atoms with E-state index in [1.807, 2.05) is 0 Å². The molecule has 0 bridgehead atoms. The number of carbonyl (C=O) groups is 2. The Bertz CT molecular complexity index is 261. The molecule has 9 heteroatoms. The summed E-state index contributed by atoms with van der Waals surface area (Å²) in [5.41, 5.74) is 0. The van der Waals surface area contributed by atoms with Crippen LogP contribution in [0, 0.1) is 0 Å². The second-order valence-electron chi connectivity index (χ2n) is 3.62. The molecule has 0 unspecified atom stereocenters. The zero-order valence-electron chi connectivity index (χ0n) is 10.2. The Morgan fingerprint density at radius 2 is 1.24 bits per heavy atom. The van der Waals surface area contributed by atoms with Gasteiger partial charge in [-0.25, -0.2) is 0 Å². The third-order valence-electron chi connectivity index (χ3n) is 1.72. The molecule has 6 nitrogen and oxygen atoms in total. The van der Waals surface area contributed by atoms with Gasteiger partial charge in [0.25, 0.3) is 0 Å². The second kappa shape index (κ2) is 7.42. The topological polar surface area (TPSA) is 59.1 Å². The van der Waals surface area contributed by atoms with E-state index in [4.69, 9.17) is 27.5 Å². The molecule has 0 aliphatic rings. The monoisotopic (exact) mass is 348 g/mol. The summed E-state index contributed by atoms with van der Waals surface area (Å²) in [7, 11) is 17.9.